The van der Waals surface area contributed by atoms with Crippen LogP contribution in [0.2, 0.25) is 0 Å². The molecule has 0 saturated heterocycles. The van der Waals surface area contributed by atoms with Crippen molar-refractivity contribution >= 4 is 5.91 Å². The third kappa shape index (κ3) is 1.78. The second-order valence-electron chi connectivity index (χ2n) is 2.69. The highest BCUT2D eigenvalue weighted by Gasteiger charge is 2.20. The predicted molar refractivity (Wildman–Crippen MR) is 44.1 cm³/mol. The molecule has 0 fully saturated rings. The summed E-state index contributed by atoms with van der Waals surface area (Å²) in [5.41, 5.74) is 3.72. The van der Waals surface area contributed by atoms with E-state index in [0.717, 1.165) is 6.07 Å². The summed E-state index contributed by atoms with van der Waals surface area (Å²) in [6, 6.07) is 0.895. The number of carbonyl (C=O) groups is 1. The lowest BCUT2D eigenvalue weighted by Gasteiger charge is -2.07. The highest BCUT2D eigenvalue weighted by atomic mass is 19.3. The Kier molecular flexibility index (Phi) is 2.64. The van der Waals surface area contributed by atoms with E-state index in [2.05, 4.69) is 4.98 Å². The Bertz CT molecular complexity index is 380. The minimum absolute atomic E-state index is 0.0327. The third-order valence-corrected chi connectivity index (χ3v) is 1.69. The zero-order chi connectivity index (χ0) is 10.9. The van der Waals surface area contributed by atoms with Gasteiger partial charge in [-0.3, -0.25) is 4.79 Å². The van der Waals surface area contributed by atoms with Gasteiger partial charge in [0.25, 0.3) is 12.3 Å². The number of rotatable bonds is 2. The predicted octanol–water partition coefficient (Wildman–Crippen LogP) is 1.13. The van der Waals surface area contributed by atoms with E-state index < -0.39 is 23.6 Å². The molecule has 3 N–H and O–H groups in total. The minimum atomic E-state index is -2.89. The first-order chi connectivity index (χ1) is 6.43. The molecule has 0 aliphatic rings. The normalized spacial score (nSPS) is 10.6. The lowest BCUT2D eigenvalue weighted by molar-refractivity contribution is 0.0982. The van der Waals surface area contributed by atoms with Crippen LogP contribution in [-0.4, -0.2) is 16.0 Å². The van der Waals surface area contributed by atoms with E-state index in [1.807, 2.05) is 0 Å². The summed E-state index contributed by atoms with van der Waals surface area (Å²) >= 11 is 0. The van der Waals surface area contributed by atoms with Crippen molar-refractivity contribution in [3.05, 3.63) is 23.0 Å². The molecule has 0 atom stereocenters. The molecule has 1 aromatic heterocycles. The van der Waals surface area contributed by atoms with Gasteiger partial charge in [-0.25, -0.2) is 13.8 Å². The molecule has 0 spiro atoms. The summed E-state index contributed by atoms with van der Waals surface area (Å²) in [7, 11) is 0. The summed E-state index contributed by atoms with van der Waals surface area (Å²) in [4.78, 5) is 14.1. The van der Waals surface area contributed by atoms with Crippen LogP contribution in [0.3, 0.4) is 0 Å². The van der Waals surface area contributed by atoms with Crippen LogP contribution in [0.4, 0.5) is 8.78 Å². The first-order valence-electron chi connectivity index (χ1n) is 3.72. The fraction of sp³-hybridized carbons (Fsp3) is 0.250. The van der Waals surface area contributed by atoms with Crippen LogP contribution in [0.5, 0.6) is 5.75 Å². The number of pyridine rings is 1. The Morgan fingerprint density at radius 3 is 2.64 bits per heavy atom. The van der Waals surface area contributed by atoms with E-state index in [4.69, 9.17) is 10.8 Å². The monoisotopic (exact) mass is 202 g/mol. The second-order valence-corrected chi connectivity index (χ2v) is 2.69. The maximum absolute atomic E-state index is 12.3. The van der Waals surface area contributed by atoms with Crippen molar-refractivity contribution in [2.45, 2.75) is 13.3 Å². The highest BCUT2D eigenvalue weighted by Crippen LogP contribution is 2.25. The molecule has 0 aromatic carbocycles. The fourth-order valence-electron chi connectivity index (χ4n) is 0.977. The molecule has 14 heavy (non-hydrogen) atoms. The van der Waals surface area contributed by atoms with Gasteiger partial charge in [0.15, 0.2) is 0 Å². The molecular weight excluding hydrogens is 194 g/mol. The molecule has 1 heterocycles. The number of primary amides is 1. The Labute approximate surface area is 78.4 Å². The van der Waals surface area contributed by atoms with E-state index in [-0.39, 0.29) is 11.4 Å². The number of alkyl halides is 2. The Morgan fingerprint density at radius 1 is 1.64 bits per heavy atom. The van der Waals surface area contributed by atoms with Gasteiger partial charge in [0.1, 0.15) is 11.4 Å². The molecule has 1 rings (SSSR count). The Balaban J connectivity index is 3.39. The number of aromatic hydroxyl groups is 1. The number of carbonyl (C=O) groups excluding carboxylic acids is 1. The van der Waals surface area contributed by atoms with Gasteiger partial charge < -0.3 is 10.8 Å². The molecule has 6 heteroatoms. The van der Waals surface area contributed by atoms with Crippen LogP contribution in [0.25, 0.3) is 0 Å². The van der Waals surface area contributed by atoms with Crippen molar-refractivity contribution in [1.82, 2.24) is 4.98 Å². The van der Waals surface area contributed by atoms with Crippen LogP contribution < -0.4 is 5.73 Å². The van der Waals surface area contributed by atoms with Crippen LogP contribution in [0, 0.1) is 6.92 Å². The summed E-state index contributed by atoms with van der Waals surface area (Å²) < 4.78 is 24.7. The van der Waals surface area contributed by atoms with Gasteiger partial charge in [0.05, 0.1) is 11.3 Å². The summed E-state index contributed by atoms with van der Waals surface area (Å²) in [5.74, 6) is -1.37. The molecule has 1 amide bonds. The van der Waals surface area contributed by atoms with Gasteiger partial charge in [0.2, 0.25) is 0 Å². The summed E-state index contributed by atoms with van der Waals surface area (Å²) in [5, 5.41) is 9.14. The molecule has 0 bridgehead atoms. The average Bonchev–Trinajstić information content (AvgIpc) is 2.08. The fourth-order valence-corrected chi connectivity index (χ4v) is 0.977. The number of nitrogens with two attached hydrogens (primary N) is 1. The quantitative estimate of drug-likeness (QED) is 0.754. The number of hydrogen-bond donors (Lipinski definition) is 2. The van der Waals surface area contributed by atoms with Crippen molar-refractivity contribution in [1.29, 1.82) is 0 Å². The van der Waals surface area contributed by atoms with Crippen LogP contribution in [0.1, 0.15) is 28.2 Å². The lowest BCUT2D eigenvalue weighted by atomic mass is 10.1. The molecule has 4 nitrogen and oxygen atoms in total. The smallest absolute Gasteiger partial charge is 0.281 e. The van der Waals surface area contributed by atoms with Crippen LogP contribution in [0.15, 0.2) is 6.07 Å². The maximum atomic E-state index is 12.3. The number of nitrogens with zero attached hydrogens (tertiary/aromatic N) is 1. The largest absolute Gasteiger partial charge is 0.506 e. The van der Waals surface area contributed by atoms with Gasteiger partial charge in [-0.2, -0.15) is 0 Å². The molecule has 0 radical (unpaired) electrons. The van der Waals surface area contributed by atoms with Crippen molar-refractivity contribution in [2.24, 2.45) is 5.73 Å². The van der Waals surface area contributed by atoms with Gasteiger partial charge in [-0.05, 0) is 13.0 Å². The van der Waals surface area contributed by atoms with E-state index in [9.17, 15) is 13.6 Å². The number of aryl methyl sites for hydroxylation is 1. The zero-order valence-electron chi connectivity index (χ0n) is 7.29. The van der Waals surface area contributed by atoms with Gasteiger partial charge in [-0.1, -0.05) is 0 Å². The van der Waals surface area contributed by atoms with E-state index in [1.54, 1.807) is 0 Å². The molecule has 1 aromatic rings. The standard InChI is InChI=1S/C8H8F2N2O2/c1-3-5(13)2-4(8(11)14)6(12-3)7(9)10/h2,7,13H,1H3,(H2,11,14). The molecule has 0 aliphatic heterocycles. The van der Waals surface area contributed by atoms with Crippen molar-refractivity contribution < 1.29 is 18.7 Å². The first-order valence-corrected chi connectivity index (χ1v) is 3.72. The molecule has 76 valence electrons. The number of hydrogen-bond acceptors (Lipinski definition) is 3. The lowest BCUT2D eigenvalue weighted by Crippen LogP contribution is -2.15. The second kappa shape index (κ2) is 3.57. The van der Waals surface area contributed by atoms with Crippen LogP contribution in [-0.2, 0) is 0 Å². The Hall–Kier alpha value is -1.72. The molecular formula is C8H8F2N2O2. The Morgan fingerprint density at radius 2 is 2.21 bits per heavy atom. The van der Waals surface area contributed by atoms with E-state index in [0.29, 0.717) is 0 Å². The number of halogens is 2. The SMILES string of the molecule is Cc1nc(C(F)F)c(C(N)=O)cc1O. The topological polar surface area (TPSA) is 76.2 Å². The highest BCUT2D eigenvalue weighted by molar-refractivity contribution is 5.94. The molecule has 0 unspecified atom stereocenters. The zero-order valence-corrected chi connectivity index (χ0v) is 7.29. The van der Waals surface area contributed by atoms with Gasteiger partial charge in [-0.15, -0.1) is 0 Å². The first kappa shape index (κ1) is 10.4. The minimum Gasteiger partial charge on any atom is -0.506 e. The van der Waals surface area contributed by atoms with Crippen LogP contribution >= 0.6 is 0 Å². The molecule has 0 saturated carbocycles. The average molecular weight is 202 g/mol. The van der Waals surface area contributed by atoms with E-state index in [1.165, 1.54) is 6.92 Å². The maximum Gasteiger partial charge on any atom is 0.281 e. The summed E-state index contributed by atoms with van der Waals surface area (Å²) in [6.07, 6.45) is -2.89. The van der Waals surface area contributed by atoms with E-state index >= 15 is 0 Å². The van der Waals surface area contributed by atoms with Crippen molar-refractivity contribution in [3.8, 4) is 5.75 Å². The van der Waals surface area contributed by atoms with Gasteiger partial charge >= 0.3 is 0 Å². The van der Waals surface area contributed by atoms with Crippen molar-refractivity contribution in [3.63, 3.8) is 0 Å². The van der Waals surface area contributed by atoms with Crippen molar-refractivity contribution in [2.75, 3.05) is 0 Å². The third-order valence-electron chi connectivity index (χ3n) is 1.69. The van der Waals surface area contributed by atoms with Gasteiger partial charge in [0, 0.05) is 0 Å². The number of amides is 1. The summed E-state index contributed by atoms with van der Waals surface area (Å²) in [6.45, 7) is 1.35. The molecule has 0 aliphatic carbocycles. The number of aromatic nitrogens is 1.